The molecule has 0 fully saturated rings. The van der Waals surface area contributed by atoms with Gasteiger partial charge in [-0.25, -0.2) is 0 Å². The fraction of sp³-hybridized carbons (Fsp3) is 0.200. The molecule has 0 saturated carbocycles. The summed E-state index contributed by atoms with van der Waals surface area (Å²) in [7, 11) is 0. The molecule has 0 aliphatic carbocycles. The van der Waals surface area contributed by atoms with E-state index in [-0.39, 0.29) is 13.2 Å². The Bertz CT molecular complexity index is 884. The van der Waals surface area contributed by atoms with Crippen molar-refractivity contribution >= 4 is 11.1 Å². The van der Waals surface area contributed by atoms with E-state index in [0.29, 0.717) is 5.75 Å². The van der Waals surface area contributed by atoms with E-state index < -0.39 is 6.10 Å². The average molecular weight is 374 g/mol. The maximum atomic E-state index is 9.46. The fourth-order valence-electron chi connectivity index (χ4n) is 3.25. The zero-order valence-corrected chi connectivity index (χ0v) is 16.1. The van der Waals surface area contributed by atoms with Gasteiger partial charge in [0.05, 0.1) is 6.61 Å². The highest BCUT2D eigenvalue weighted by Crippen LogP contribution is 2.34. The summed E-state index contributed by atoms with van der Waals surface area (Å²) in [6.45, 7) is 1.94. The highest BCUT2D eigenvalue weighted by Gasteiger charge is 2.13. The first-order valence-electron chi connectivity index (χ1n) is 9.59. The summed E-state index contributed by atoms with van der Waals surface area (Å²) < 4.78 is 5.54. The summed E-state index contributed by atoms with van der Waals surface area (Å²) in [6, 6.07) is 28.8. The lowest BCUT2D eigenvalue weighted by Gasteiger charge is -2.17. The van der Waals surface area contributed by atoms with E-state index >= 15 is 0 Å². The maximum Gasteiger partial charge on any atom is 0.119 e. The van der Waals surface area contributed by atoms with Crippen LogP contribution in [0.15, 0.2) is 84.9 Å². The number of aliphatic hydroxyl groups is 2. The molecular weight excluding hydrogens is 348 g/mol. The van der Waals surface area contributed by atoms with Crippen LogP contribution in [0, 0.1) is 0 Å². The first-order chi connectivity index (χ1) is 13.7. The molecule has 3 aromatic rings. The zero-order valence-electron chi connectivity index (χ0n) is 16.1. The van der Waals surface area contributed by atoms with Crippen molar-refractivity contribution in [3.63, 3.8) is 0 Å². The van der Waals surface area contributed by atoms with E-state index in [1.165, 1.54) is 22.3 Å². The van der Waals surface area contributed by atoms with Crippen molar-refractivity contribution in [2.75, 3.05) is 13.2 Å². The first-order valence-corrected chi connectivity index (χ1v) is 9.59. The van der Waals surface area contributed by atoms with Crippen LogP contribution in [0.5, 0.6) is 5.75 Å². The quantitative estimate of drug-likeness (QED) is 0.558. The molecule has 1 atom stereocenters. The second-order valence-electron chi connectivity index (χ2n) is 6.61. The number of rotatable bonds is 8. The van der Waals surface area contributed by atoms with Crippen LogP contribution >= 0.6 is 0 Å². The van der Waals surface area contributed by atoms with Crippen molar-refractivity contribution in [1.82, 2.24) is 0 Å². The van der Waals surface area contributed by atoms with Crippen LogP contribution in [0.3, 0.4) is 0 Å². The molecule has 0 bridgehead atoms. The Morgan fingerprint density at radius 1 is 0.786 bits per heavy atom. The Morgan fingerprint density at radius 2 is 1.32 bits per heavy atom. The molecule has 0 amide bonds. The lowest BCUT2D eigenvalue weighted by Crippen LogP contribution is -2.21. The molecule has 28 heavy (non-hydrogen) atoms. The van der Waals surface area contributed by atoms with E-state index in [9.17, 15) is 5.11 Å². The standard InChI is InChI=1S/C25H26O3/c1-2-24(19-9-5-3-6-10-19)25(20-11-7-4-8-12-20)21-13-15-23(16-14-21)28-18-22(27)17-26/h3-16,22,26-27H,2,17-18H2,1H3. The minimum Gasteiger partial charge on any atom is -0.491 e. The van der Waals surface area contributed by atoms with Gasteiger partial charge in [0.1, 0.15) is 18.5 Å². The second-order valence-corrected chi connectivity index (χ2v) is 6.61. The number of hydrogen-bond acceptors (Lipinski definition) is 3. The van der Waals surface area contributed by atoms with Gasteiger partial charge in [-0.15, -0.1) is 0 Å². The Kier molecular flexibility index (Phi) is 7.01. The normalized spacial score (nSPS) is 13.0. The van der Waals surface area contributed by atoms with Gasteiger partial charge in [-0.3, -0.25) is 0 Å². The van der Waals surface area contributed by atoms with Crippen LogP contribution in [-0.2, 0) is 0 Å². The van der Waals surface area contributed by atoms with Crippen LogP contribution in [0.2, 0.25) is 0 Å². The Labute approximate surface area is 166 Å². The third-order valence-electron chi connectivity index (χ3n) is 4.64. The number of ether oxygens (including phenoxy) is 1. The van der Waals surface area contributed by atoms with Gasteiger partial charge in [-0.05, 0) is 46.4 Å². The molecule has 3 rings (SSSR count). The van der Waals surface area contributed by atoms with E-state index in [0.717, 1.165) is 12.0 Å². The van der Waals surface area contributed by atoms with Gasteiger partial charge in [0.25, 0.3) is 0 Å². The summed E-state index contributed by atoms with van der Waals surface area (Å²) in [4.78, 5) is 0. The molecule has 0 aliphatic heterocycles. The van der Waals surface area contributed by atoms with Gasteiger partial charge < -0.3 is 14.9 Å². The zero-order chi connectivity index (χ0) is 19.8. The lowest BCUT2D eigenvalue weighted by atomic mass is 9.88. The molecule has 3 heteroatoms. The van der Waals surface area contributed by atoms with Crippen molar-refractivity contribution in [2.24, 2.45) is 0 Å². The lowest BCUT2D eigenvalue weighted by molar-refractivity contribution is 0.0536. The molecule has 1 unspecified atom stereocenters. The van der Waals surface area contributed by atoms with Crippen LogP contribution < -0.4 is 4.74 Å². The molecule has 0 radical (unpaired) electrons. The summed E-state index contributed by atoms with van der Waals surface area (Å²) in [5.41, 5.74) is 6.00. The van der Waals surface area contributed by atoms with Crippen molar-refractivity contribution < 1.29 is 14.9 Å². The third kappa shape index (κ3) is 4.89. The van der Waals surface area contributed by atoms with Crippen molar-refractivity contribution in [2.45, 2.75) is 19.4 Å². The first kappa shape index (κ1) is 19.9. The van der Waals surface area contributed by atoms with Crippen molar-refractivity contribution in [3.8, 4) is 5.75 Å². The maximum absolute atomic E-state index is 9.46. The fourth-order valence-corrected chi connectivity index (χ4v) is 3.25. The minimum atomic E-state index is -0.871. The van der Waals surface area contributed by atoms with E-state index in [4.69, 9.17) is 9.84 Å². The average Bonchev–Trinajstić information content (AvgIpc) is 2.77. The van der Waals surface area contributed by atoms with Crippen molar-refractivity contribution in [1.29, 1.82) is 0 Å². The Balaban J connectivity index is 2.02. The molecule has 0 aromatic heterocycles. The van der Waals surface area contributed by atoms with Crippen LogP contribution in [0.1, 0.15) is 30.0 Å². The van der Waals surface area contributed by atoms with E-state index in [1.807, 2.05) is 36.4 Å². The molecule has 0 spiro atoms. The molecule has 0 saturated heterocycles. The molecule has 3 nitrogen and oxygen atoms in total. The van der Waals surface area contributed by atoms with Crippen LogP contribution in [-0.4, -0.2) is 29.5 Å². The number of allylic oxidation sites excluding steroid dienone is 1. The summed E-state index contributed by atoms with van der Waals surface area (Å²) in [5.74, 6) is 0.668. The highest BCUT2D eigenvalue weighted by atomic mass is 16.5. The van der Waals surface area contributed by atoms with Gasteiger partial charge in [0.2, 0.25) is 0 Å². The number of aliphatic hydroxyl groups excluding tert-OH is 2. The van der Waals surface area contributed by atoms with Crippen LogP contribution in [0.25, 0.3) is 11.1 Å². The van der Waals surface area contributed by atoms with Crippen LogP contribution in [0.4, 0.5) is 0 Å². The molecule has 144 valence electrons. The predicted octanol–water partition coefficient (Wildman–Crippen LogP) is 4.79. The number of benzene rings is 3. The smallest absolute Gasteiger partial charge is 0.119 e. The summed E-state index contributed by atoms with van der Waals surface area (Å²) in [5, 5.41) is 18.4. The molecule has 3 aromatic carbocycles. The largest absolute Gasteiger partial charge is 0.491 e. The summed E-state index contributed by atoms with van der Waals surface area (Å²) >= 11 is 0. The molecule has 0 aliphatic rings. The monoisotopic (exact) mass is 374 g/mol. The number of hydrogen-bond donors (Lipinski definition) is 2. The topological polar surface area (TPSA) is 49.7 Å². The van der Waals surface area contributed by atoms with Gasteiger partial charge in [-0.2, -0.15) is 0 Å². The molecule has 0 heterocycles. The molecular formula is C25H26O3. The van der Waals surface area contributed by atoms with Gasteiger partial charge >= 0.3 is 0 Å². The predicted molar refractivity (Wildman–Crippen MR) is 114 cm³/mol. The Hall–Kier alpha value is -2.88. The summed E-state index contributed by atoms with van der Waals surface area (Å²) in [6.07, 6.45) is 0.0408. The Morgan fingerprint density at radius 3 is 1.86 bits per heavy atom. The van der Waals surface area contributed by atoms with E-state index in [1.54, 1.807) is 0 Å². The van der Waals surface area contributed by atoms with Gasteiger partial charge in [0, 0.05) is 0 Å². The van der Waals surface area contributed by atoms with E-state index in [2.05, 4.69) is 55.5 Å². The van der Waals surface area contributed by atoms with Crippen molar-refractivity contribution in [3.05, 3.63) is 102 Å². The van der Waals surface area contributed by atoms with Gasteiger partial charge in [0.15, 0.2) is 0 Å². The molecule has 2 N–H and O–H groups in total. The van der Waals surface area contributed by atoms with Gasteiger partial charge in [-0.1, -0.05) is 79.7 Å². The third-order valence-corrected chi connectivity index (χ3v) is 4.64. The second kappa shape index (κ2) is 9.88. The SMILES string of the molecule is CCC(=C(c1ccccc1)c1ccc(OCC(O)CO)cc1)c1ccccc1. The highest BCUT2D eigenvalue weighted by molar-refractivity contribution is 5.98. The minimum absolute atomic E-state index is 0.0709.